The summed E-state index contributed by atoms with van der Waals surface area (Å²) >= 11 is 0. The summed E-state index contributed by atoms with van der Waals surface area (Å²) in [5.41, 5.74) is 5.31. The van der Waals surface area contributed by atoms with E-state index in [4.69, 9.17) is 0 Å². The van der Waals surface area contributed by atoms with E-state index in [1.807, 2.05) is 45.9 Å². The first-order chi connectivity index (χ1) is 11.4. The summed E-state index contributed by atoms with van der Waals surface area (Å²) in [7, 11) is 0. The zero-order valence-electron chi connectivity index (χ0n) is 14.0. The van der Waals surface area contributed by atoms with Crippen LogP contribution in [-0.4, -0.2) is 20.5 Å². The lowest BCUT2D eigenvalue weighted by Gasteiger charge is -2.05. The molecule has 0 unspecified atom stereocenters. The number of aromatic carboxylic acids is 1. The first kappa shape index (κ1) is 15.9. The smallest absolute Gasteiger partial charge is 0.358 e. The molecular weight excluding hydrogens is 304 g/mol. The fourth-order valence-corrected chi connectivity index (χ4v) is 2.81. The number of imidazole rings is 1. The van der Waals surface area contributed by atoms with E-state index in [1.165, 1.54) is 0 Å². The van der Waals surface area contributed by atoms with E-state index in [1.54, 1.807) is 16.7 Å². The number of carboxylic acids is 1. The molecule has 6 heteroatoms. The van der Waals surface area contributed by atoms with Gasteiger partial charge in [-0.3, -0.25) is 4.40 Å². The molecule has 0 radical (unpaired) electrons. The molecule has 1 N–H and O–H groups in total. The molecule has 1 aromatic carbocycles. The van der Waals surface area contributed by atoms with Crippen molar-refractivity contribution in [3.63, 3.8) is 0 Å². The second-order valence-electron chi connectivity index (χ2n) is 5.97. The van der Waals surface area contributed by atoms with Crippen LogP contribution in [0, 0.1) is 27.7 Å². The second-order valence-corrected chi connectivity index (χ2v) is 5.97. The number of aryl methyl sites for hydroxylation is 4. The summed E-state index contributed by atoms with van der Waals surface area (Å²) in [5, 5.41) is 17.9. The average Bonchev–Trinajstić information content (AvgIpc) is 2.84. The van der Waals surface area contributed by atoms with Crippen LogP contribution in [0.3, 0.4) is 0 Å². The molecule has 0 aliphatic rings. The van der Waals surface area contributed by atoms with Crippen LogP contribution in [0.4, 0.5) is 11.5 Å². The normalized spacial score (nSPS) is 11.5. The molecule has 0 amide bonds. The second kappa shape index (κ2) is 5.88. The van der Waals surface area contributed by atoms with Crippen LogP contribution in [0.1, 0.15) is 32.7 Å². The lowest BCUT2D eigenvalue weighted by molar-refractivity contribution is 0.0692. The number of carbonyl (C=O) groups is 1. The van der Waals surface area contributed by atoms with E-state index in [0.29, 0.717) is 5.65 Å². The van der Waals surface area contributed by atoms with Gasteiger partial charge in [0.1, 0.15) is 5.65 Å². The van der Waals surface area contributed by atoms with Crippen LogP contribution >= 0.6 is 0 Å². The molecule has 122 valence electrons. The Morgan fingerprint density at radius 2 is 1.71 bits per heavy atom. The third-order valence-corrected chi connectivity index (χ3v) is 3.82. The van der Waals surface area contributed by atoms with Crippen molar-refractivity contribution < 1.29 is 9.90 Å². The zero-order valence-corrected chi connectivity index (χ0v) is 14.0. The van der Waals surface area contributed by atoms with Gasteiger partial charge in [-0.15, -0.1) is 10.2 Å². The first-order valence-electron chi connectivity index (χ1n) is 7.58. The van der Waals surface area contributed by atoms with Gasteiger partial charge in [0.15, 0.2) is 11.5 Å². The van der Waals surface area contributed by atoms with Gasteiger partial charge < -0.3 is 5.11 Å². The molecular formula is C18H18N4O2. The highest BCUT2D eigenvalue weighted by molar-refractivity contribution is 5.91. The van der Waals surface area contributed by atoms with Crippen LogP contribution in [-0.2, 0) is 0 Å². The van der Waals surface area contributed by atoms with Crippen LogP contribution in [0.25, 0.3) is 5.65 Å². The highest BCUT2D eigenvalue weighted by Gasteiger charge is 2.18. The maximum absolute atomic E-state index is 11.5. The van der Waals surface area contributed by atoms with Crippen molar-refractivity contribution in [1.29, 1.82) is 0 Å². The van der Waals surface area contributed by atoms with E-state index >= 15 is 0 Å². The van der Waals surface area contributed by atoms with Crippen molar-refractivity contribution in [3.05, 3.63) is 58.4 Å². The Morgan fingerprint density at radius 3 is 2.33 bits per heavy atom. The summed E-state index contributed by atoms with van der Waals surface area (Å²) in [6, 6.07) is 7.70. The Hall–Kier alpha value is -3.02. The third kappa shape index (κ3) is 2.78. The first-order valence-corrected chi connectivity index (χ1v) is 7.58. The molecule has 0 bridgehead atoms. The van der Waals surface area contributed by atoms with E-state index in [0.717, 1.165) is 27.9 Å². The van der Waals surface area contributed by atoms with Gasteiger partial charge >= 0.3 is 5.97 Å². The van der Waals surface area contributed by atoms with Crippen LogP contribution in [0.15, 0.2) is 40.7 Å². The zero-order chi connectivity index (χ0) is 17.4. The van der Waals surface area contributed by atoms with E-state index < -0.39 is 5.97 Å². The number of pyridine rings is 1. The van der Waals surface area contributed by atoms with Crippen molar-refractivity contribution in [2.24, 2.45) is 10.2 Å². The number of benzene rings is 1. The fraction of sp³-hybridized carbons (Fsp3) is 0.222. The van der Waals surface area contributed by atoms with Gasteiger partial charge in [0.25, 0.3) is 0 Å². The average molecular weight is 322 g/mol. The molecule has 3 rings (SSSR count). The number of nitrogens with zero attached hydrogens (tertiary/aromatic N) is 4. The van der Waals surface area contributed by atoms with Crippen molar-refractivity contribution in [1.82, 2.24) is 9.38 Å². The van der Waals surface area contributed by atoms with Crippen LogP contribution in [0.2, 0.25) is 0 Å². The predicted molar refractivity (Wildman–Crippen MR) is 91.7 cm³/mol. The van der Waals surface area contributed by atoms with Crippen molar-refractivity contribution in [2.45, 2.75) is 27.7 Å². The standard InChI is InChI=1S/C18H18N4O2/c1-10-5-6-14-19-16(18(23)24)17(22(14)9-10)21-20-15-12(3)7-11(2)8-13(15)4/h5-9H,1-4H3,(H,23,24). The fourth-order valence-electron chi connectivity index (χ4n) is 2.81. The number of carboxylic acid groups (broad SMARTS) is 1. The molecule has 0 atom stereocenters. The van der Waals surface area contributed by atoms with Crippen molar-refractivity contribution >= 4 is 23.1 Å². The highest BCUT2D eigenvalue weighted by atomic mass is 16.4. The monoisotopic (exact) mass is 322 g/mol. The Bertz CT molecular complexity index is 963. The molecule has 0 fully saturated rings. The molecule has 0 saturated carbocycles. The lowest BCUT2D eigenvalue weighted by Crippen LogP contribution is -1.96. The Morgan fingerprint density at radius 1 is 1.04 bits per heavy atom. The molecule has 2 aromatic heterocycles. The van der Waals surface area contributed by atoms with Gasteiger partial charge in [-0.25, -0.2) is 9.78 Å². The van der Waals surface area contributed by atoms with Crippen molar-refractivity contribution in [2.75, 3.05) is 0 Å². The SMILES string of the molecule is Cc1cc(C)c(N=Nc2c(C(=O)O)nc3ccc(C)cn23)c(C)c1. The summed E-state index contributed by atoms with van der Waals surface area (Å²) in [4.78, 5) is 15.6. The Labute approximate surface area is 139 Å². The van der Waals surface area contributed by atoms with Gasteiger partial charge in [0, 0.05) is 6.20 Å². The van der Waals surface area contributed by atoms with Gasteiger partial charge in [0.2, 0.25) is 0 Å². The van der Waals surface area contributed by atoms with Crippen molar-refractivity contribution in [3.8, 4) is 0 Å². The largest absolute Gasteiger partial charge is 0.476 e. The number of hydrogen-bond acceptors (Lipinski definition) is 4. The van der Waals surface area contributed by atoms with E-state index in [9.17, 15) is 9.90 Å². The topological polar surface area (TPSA) is 79.3 Å². The number of fused-ring (bicyclic) bond motifs is 1. The van der Waals surface area contributed by atoms with Gasteiger partial charge in [0.05, 0.1) is 5.69 Å². The van der Waals surface area contributed by atoms with E-state index in [-0.39, 0.29) is 11.5 Å². The summed E-state index contributed by atoms with van der Waals surface area (Å²) in [6.07, 6.45) is 1.80. The highest BCUT2D eigenvalue weighted by Crippen LogP contribution is 2.29. The summed E-state index contributed by atoms with van der Waals surface area (Å²) < 4.78 is 1.65. The molecule has 0 spiro atoms. The minimum Gasteiger partial charge on any atom is -0.476 e. The van der Waals surface area contributed by atoms with Crippen LogP contribution in [0.5, 0.6) is 0 Å². The quantitative estimate of drug-likeness (QED) is 0.711. The van der Waals surface area contributed by atoms with E-state index in [2.05, 4.69) is 15.2 Å². The van der Waals surface area contributed by atoms with Gasteiger partial charge in [-0.05, 0) is 50.5 Å². The number of aromatic nitrogens is 2. The van der Waals surface area contributed by atoms with Crippen LogP contribution < -0.4 is 0 Å². The molecule has 6 nitrogen and oxygen atoms in total. The third-order valence-electron chi connectivity index (χ3n) is 3.82. The summed E-state index contributed by atoms with van der Waals surface area (Å²) in [6.45, 7) is 7.88. The number of azo groups is 1. The molecule has 0 aliphatic heterocycles. The molecule has 0 aliphatic carbocycles. The molecule has 0 saturated heterocycles. The minimum atomic E-state index is -1.12. The minimum absolute atomic E-state index is 0.105. The van der Waals surface area contributed by atoms with Gasteiger partial charge in [-0.1, -0.05) is 23.8 Å². The molecule has 2 heterocycles. The maximum atomic E-state index is 11.5. The summed E-state index contributed by atoms with van der Waals surface area (Å²) in [5.74, 6) is -0.900. The Balaban J connectivity index is 2.18. The maximum Gasteiger partial charge on any atom is 0.358 e. The van der Waals surface area contributed by atoms with Gasteiger partial charge in [-0.2, -0.15) is 0 Å². The number of hydrogen-bond donors (Lipinski definition) is 1. The number of rotatable bonds is 3. The predicted octanol–water partition coefficient (Wildman–Crippen LogP) is 4.68. The Kier molecular flexibility index (Phi) is 3.89. The molecule has 3 aromatic rings. The lowest BCUT2D eigenvalue weighted by atomic mass is 10.1. The molecule has 24 heavy (non-hydrogen) atoms.